The van der Waals surface area contributed by atoms with Crippen LogP contribution in [0.25, 0.3) is 0 Å². The Morgan fingerprint density at radius 1 is 0.885 bits per heavy atom. The fraction of sp³-hybridized carbons (Fsp3) is 0.478. The third-order valence-electron chi connectivity index (χ3n) is 4.45. The minimum atomic E-state index is 0.526. The molecule has 0 heterocycles. The highest BCUT2D eigenvalue weighted by Crippen LogP contribution is 2.23. The minimum absolute atomic E-state index is 0.526. The van der Waals surface area contributed by atoms with Crippen LogP contribution in [0.5, 0.6) is 5.75 Å². The van der Waals surface area contributed by atoms with Crippen LogP contribution in [0, 0.1) is 0 Å². The number of unbranched alkanes of at least 4 members (excludes halogenated alkanes) is 3. The Balaban J connectivity index is 1.73. The van der Waals surface area contributed by atoms with Gasteiger partial charge < -0.3 is 15.4 Å². The molecule has 0 aromatic heterocycles. The lowest BCUT2D eigenvalue weighted by atomic mass is 10.0. The molecule has 2 aromatic rings. The number of hydrogen-bond donors (Lipinski definition) is 2. The van der Waals surface area contributed by atoms with Gasteiger partial charge in [-0.2, -0.15) is 0 Å². The standard InChI is InChI=1S/C23H34N2O/c1-4-5-6-9-17-26-21-12-10-11-20(18-21)24-15-16-25-23-14-8-7-13-22(23)19(2)3/h7-8,10-14,18-19,24-25H,4-6,9,15-17H2,1-3H3. The second-order valence-electron chi connectivity index (χ2n) is 7.03. The number of benzene rings is 2. The van der Waals surface area contributed by atoms with E-state index < -0.39 is 0 Å². The van der Waals surface area contributed by atoms with Crippen molar-refractivity contribution in [1.29, 1.82) is 0 Å². The maximum Gasteiger partial charge on any atom is 0.121 e. The smallest absolute Gasteiger partial charge is 0.121 e. The lowest BCUT2D eigenvalue weighted by molar-refractivity contribution is 0.305. The topological polar surface area (TPSA) is 33.3 Å². The van der Waals surface area contributed by atoms with Crippen molar-refractivity contribution < 1.29 is 4.74 Å². The van der Waals surface area contributed by atoms with Gasteiger partial charge in [-0.15, -0.1) is 0 Å². The fourth-order valence-corrected chi connectivity index (χ4v) is 2.98. The zero-order valence-corrected chi connectivity index (χ0v) is 16.6. The maximum absolute atomic E-state index is 5.86. The first kappa shape index (κ1) is 20.2. The van der Waals surface area contributed by atoms with Crippen LogP contribution >= 0.6 is 0 Å². The number of anilines is 2. The van der Waals surface area contributed by atoms with Crippen molar-refractivity contribution in [2.75, 3.05) is 30.3 Å². The molecular weight excluding hydrogens is 320 g/mol. The molecule has 3 heteroatoms. The first-order valence-corrected chi connectivity index (χ1v) is 10.00. The van der Waals surface area contributed by atoms with Crippen molar-refractivity contribution in [1.82, 2.24) is 0 Å². The average molecular weight is 355 g/mol. The van der Waals surface area contributed by atoms with Crippen molar-refractivity contribution >= 4 is 11.4 Å². The predicted octanol–water partition coefficient (Wildman–Crippen LogP) is 6.29. The van der Waals surface area contributed by atoms with Crippen molar-refractivity contribution in [3.63, 3.8) is 0 Å². The number of ether oxygens (including phenoxy) is 1. The molecule has 26 heavy (non-hydrogen) atoms. The van der Waals surface area contributed by atoms with Crippen LogP contribution in [0.1, 0.15) is 57.9 Å². The molecule has 0 atom stereocenters. The van der Waals surface area contributed by atoms with Crippen LogP contribution in [-0.4, -0.2) is 19.7 Å². The molecule has 0 aliphatic carbocycles. The zero-order chi connectivity index (χ0) is 18.6. The predicted molar refractivity (Wildman–Crippen MR) is 114 cm³/mol. The Bertz CT molecular complexity index is 640. The van der Waals surface area contributed by atoms with Crippen LogP contribution in [0.4, 0.5) is 11.4 Å². The summed E-state index contributed by atoms with van der Waals surface area (Å²) in [7, 11) is 0. The van der Waals surface area contributed by atoms with Crippen molar-refractivity contribution in [2.24, 2.45) is 0 Å². The molecule has 0 saturated carbocycles. The number of rotatable bonds is 12. The summed E-state index contributed by atoms with van der Waals surface area (Å²) in [6, 6.07) is 16.8. The van der Waals surface area contributed by atoms with Gasteiger partial charge in [0.05, 0.1) is 6.61 Å². The molecule has 0 aliphatic heterocycles. The zero-order valence-electron chi connectivity index (χ0n) is 16.6. The van der Waals surface area contributed by atoms with Crippen LogP contribution < -0.4 is 15.4 Å². The molecule has 2 rings (SSSR count). The van der Waals surface area contributed by atoms with Gasteiger partial charge in [-0.3, -0.25) is 0 Å². The minimum Gasteiger partial charge on any atom is -0.494 e. The summed E-state index contributed by atoms with van der Waals surface area (Å²) in [5.74, 6) is 1.47. The Hall–Kier alpha value is -2.16. The van der Waals surface area contributed by atoms with E-state index in [4.69, 9.17) is 4.74 Å². The Labute approximate surface area is 159 Å². The largest absolute Gasteiger partial charge is 0.494 e. The Morgan fingerprint density at radius 3 is 2.50 bits per heavy atom. The van der Waals surface area contributed by atoms with E-state index in [1.165, 1.54) is 30.5 Å². The molecule has 0 amide bonds. The summed E-state index contributed by atoms with van der Waals surface area (Å²) in [5, 5.41) is 7.01. The lowest BCUT2D eigenvalue weighted by Gasteiger charge is -2.15. The summed E-state index contributed by atoms with van der Waals surface area (Å²) in [6.45, 7) is 9.24. The van der Waals surface area contributed by atoms with E-state index in [-0.39, 0.29) is 0 Å². The normalized spacial score (nSPS) is 10.8. The molecule has 0 unspecified atom stereocenters. The van der Waals surface area contributed by atoms with Gasteiger partial charge in [0, 0.05) is 30.5 Å². The van der Waals surface area contributed by atoms with E-state index in [0.29, 0.717) is 5.92 Å². The van der Waals surface area contributed by atoms with Crippen molar-refractivity contribution in [2.45, 2.75) is 52.4 Å². The highest BCUT2D eigenvalue weighted by Gasteiger charge is 2.04. The maximum atomic E-state index is 5.86. The van der Waals surface area contributed by atoms with E-state index in [2.05, 4.69) is 67.8 Å². The monoisotopic (exact) mass is 354 g/mol. The fourth-order valence-electron chi connectivity index (χ4n) is 2.98. The summed E-state index contributed by atoms with van der Waals surface area (Å²) >= 11 is 0. The number of para-hydroxylation sites is 1. The Morgan fingerprint density at radius 2 is 1.69 bits per heavy atom. The van der Waals surface area contributed by atoms with Gasteiger partial charge in [-0.25, -0.2) is 0 Å². The highest BCUT2D eigenvalue weighted by atomic mass is 16.5. The van der Waals surface area contributed by atoms with Gasteiger partial charge in [-0.1, -0.05) is 64.3 Å². The summed E-state index contributed by atoms with van der Waals surface area (Å²) < 4.78 is 5.86. The third-order valence-corrected chi connectivity index (χ3v) is 4.45. The number of hydrogen-bond acceptors (Lipinski definition) is 3. The second kappa shape index (κ2) is 11.5. The molecule has 0 saturated heterocycles. The SMILES string of the molecule is CCCCCCOc1cccc(NCCNc2ccccc2C(C)C)c1. The molecule has 3 nitrogen and oxygen atoms in total. The van der Waals surface area contributed by atoms with Crippen LogP contribution in [0.15, 0.2) is 48.5 Å². The lowest BCUT2D eigenvalue weighted by Crippen LogP contribution is -2.14. The van der Waals surface area contributed by atoms with Gasteiger partial charge in [0.2, 0.25) is 0 Å². The molecule has 2 aromatic carbocycles. The second-order valence-corrected chi connectivity index (χ2v) is 7.03. The molecule has 0 bridgehead atoms. The van der Waals surface area contributed by atoms with Crippen molar-refractivity contribution in [3.8, 4) is 5.75 Å². The number of nitrogens with one attached hydrogen (secondary N) is 2. The molecule has 142 valence electrons. The Kier molecular flexibility index (Phi) is 8.88. The highest BCUT2D eigenvalue weighted by molar-refractivity contribution is 5.53. The van der Waals surface area contributed by atoms with Gasteiger partial charge in [0.25, 0.3) is 0 Å². The summed E-state index contributed by atoms with van der Waals surface area (Å²) in [6.07, 6.45) is 4.93. The molecule has 0 radical (unpaired) electrons. The molecule has 2 N–H and O–H groups in total. The molecule has 0 aliphatic rings. The molecule has 0 fully saturated rings. The molecular formula is C23H34N2O. The first-order chi connectivity index (χ1) is 12.7. The average Bonchev–Trinajstić information content (AvgIpc) is 2.66. The van der Waals surface area contributed by atoms with E-state index in [0.717, 1.165) is 37.6 Å². The van der Waals surface area contributed by atoms with Gasteiger partial charge in [-0.05, 0) is 36.1 Å². The summed E-state index contributed by atoms with van der Waals surface area (Å²) in [4.78, 5) is 0. The van der Waals surface area contributed by atoms with Gasteiger partial charge in [0.15, 0.2) is 0 Å². The summed E-state index contributed by atoms with van der Waals surface area (Å²) in [5.41, 5.74) is 3.70. The van der Waals surface area contributed by atoms with Gasteiger partial charge >= 0.3 is 0 Å². The van der Waals surface area contributed by atoms with E-state index in [1.54, 1.807) is 0 Å². The van der Waals surface area contributed by atoms with Crippen LogP contribution in [-0.2, 0) is 0 Å². The van der Waals surface area contributed by atoms with Crippen molar-refractivity contribution in [3.05, 3.63) is 54.1 Å². The molecule has 0 spiro atoms. The van der Waals surface area contributed by atoms with Crippen LogP contribution in [0.2, 0.25) is 0 Å². The van der Waals surface area contributed by atoms with E-state index in [1.807, 2.05) is 12.1 Å². The van der Waals surface area contributed by atoms with Crippen LogP contribution in [0.3, 0.4) is 0 Å². The first-order valence-electron chi connectivity index (χ1n) is 10.00. The van der Waals surface area contributed by atoms with E-state index in [9.17, 15) is 0 Å². The van der Waals surface area contributed by atoms with Gasteiger partial charge in [0.1, 0.15) is 5.75 Å². The van der Waals surface area contributed by atoms with E-state index >= 15 is 0 Å². The quantitative estimate of drug-likeness (QED) is 0.439. The third kappa shape index (κ3) is 6.99.